The number of pyridine rings is 1. The summed E-state index contributed by atoms with van der Waals surface area (Å²) in [6.07, 6.45) is 1.21. The fourth-order valence-corrected chi connectivity index (χ4v) is 5.19. The second-order valence-electron chi connectivity index (χ2n) is 9.13. The number of para-hydroxylation sites is 1. The number of nitrogens with zero attached hydrogens (tertiary/aromatic N) is 4. The Kier molecular flexibility index (Phi) is 4.77. The predicted octanol–water partition coefficient (Wildman–Crippen LogP) is 3.98. The summed E-state index contributed by atoms with van der Waals surface area (Å²) in [6.45, 7) is 4.56. The van der Waals surface area contributed by atoms with Gasteiger partial charge >= 0.3 is 5.92 Å². The highest BCUT2D eigenvalue weighted by Gasteiger charge is 2.43. The van der Waals surface area contributed by atoms with Gasteiger partial charge in [0, 0.05) is 17.5 Å². The van der Waals surface area contributed by atoms with Gasteiger partial charge in [0.1, 0.15) is 17.0 Å². The van der Waals surface area contributed by atoms with Gasteiger partial charge in [0.2, 0.25) is 5.88 Å². The van der Waals surface area contributed by atoms with Crippen molar-refractivity contribution in [1.29, 1.82) is 0 Å². The smallest absolute Gasteiger partial charge is 0.310 e. The maximum Gasteiger partial charge on any atom is 0.310 e. The van der Waals surface area contributed by atoms with Crippen LogP contribution in [0.2, 0.25) is 0 Å². The van der Waals surface area contributed by atoms with E-state index in [4.69, 9.17) is 19.2 Å². The number of nitrogens with one attached hydrogen (secondary N) is 1. The molecule has 6 rings (SSSR count). The molecular weight excluding hydrogens is 444 g/mol. The van der Waals surface area contributed by atoms with Crippen molar-refractivity contribution in [2.24, 2.45) is 0 Å². The zero-order chi connectivity index (χ0) is 23.6. The van der Waals surface area contributed by atoms with E-state index in [0.29, 0.717) is 35.1 Å². The lowest BCUT2D eigenvalue weighted by molar-refractivity contribution is -0.0214. The number of aromatic nitrogens is 3. The molecule has 2 fully saturated rings. The molecule has 0 aliphatic carbocycles. The monoisotopic (exact) mass is 469 g/mol. The van der Waals surface area contributed by atoms with Crippen LogP contribution in [0.1, 0.15) is 36.2 Å². The summed E-state index contributed by atoms with van der Waals surface area (Å²) in [5, 5.41) is 12.8. The first-order valence-corrected chi connectivity index (χ1v) is 11.4. The van der Waals surface area contributed by atoms with E-state index in [1.54, 1.807) is 19.2 Å². The van der Waals surface area contributed by atoms with Crippen molar-refractivity contribution in [3.8, 4) is 11.6 Å². The molecule has 0 amide bonds. The van der Waals surface area contributed by atoms with Gasteiger partial charge in [-0.25, -0.2) is 4.98 Å². The van der Waals surface area contributed by atoms with E-state index in [1.807, 2.05) is 19.9 Å². The fraction of sp³-hybridized carbons (Fsp3) is 0.458. The first kappa shape index (κ1) is 21.3. The van der Waals surface area contributed by atoms with Crippen molar-refractivity contribution in [2.75, 3.05) is 37.1 Å². The van der Waals surface area contributed by atoms with Gasteiger partial charge in [0.15, 0.2) is 12.4 Å². The molecule has 2 saturated heterocycles. The molecule has 5 heterocycles. The van der Waals surface area contributed by atoms with Gasteiger partial charge in [-0.3, -0.25) is 0 Å². The number of halogens is 2. The molecular formula is C24H25F2N5O3. The average Bonchev–Trinajstić information content (AvgIpc) is 3.55. The van der Waals surface area contributed by atoms with Crippen molar-refractivity contribution < 1.29 is 23.0 Å². The zero-order valence-corrected chi connectivity index (χ0v) is 19.1. The van der Waals surface area contributed by atoms with Crippen molar-refractivity contribution >= 4 is 22.4 Å². The van der Waals surface area contributed by atoms with Gasteiger partial charge in [-0.05, 0) is 32.4 Å². The largest absolute Gasteiger partial charge is 0.486 e. The molecule has 8 nitrogen and oxygen atoms in total. The molecule has 1 N–H and O–H groups in total. The fourth-order valence-electron chi connectivity index (χ4n) is 5.19. The van der Waals surface area contributed by atoms with Crippen LogP contribution in [0.3, 0.4) is 0 Å². The van der Waals surface area contributed by atoms with Crippen LogP contribution in [0.15, 0.2) is 24.3 Å². The van der Waals surface area contributed by atoms with E-state index >= 15 is 0 Å². The Hall–Kier alpha value is -3.27. The quantitative estimate of drug-likeness (QED) is 0.601. The number of alkyl halides is 2. The third kappa shape index (κ3) is 3.23. The molecule has 0 radical (unpaired) electrons. The molecule has 0 saturated carbocycles. The minimum Gasteiger partial charge on any atom is -0.486 e. The Morgan fingerprint density at radius 1 is 1.29 bits per heavy atom. The van der Waals surface area contributed by atoms with Crippen LogP contribution in [0, 0.1) is 6.92 Å². The summed E-state index contributed by atoms with van der Waals surface area (Å²) >= 11 is 0. The van der Waals surface area contributed by atoms with Gasteiger partial charge in [0.05, 0.1) is 43.2 Å². The highest BCUT2D eigenvalue weighted by Crippen LogP contribution is 2.45. The number of fused-ring (bicyclic) bond motifs is 4. The van der Waals surface area contributed by atoms with Crippen LogP contribution in [0.5, 0.6) is 11.6 Å². The maximum atomic E-state index is 14.2. The summed E-state index contributed by atoms with van der Waals surface area (Å²) in [5.74, 6) is -1.71. The Bertz CT molecular complexity index is 1290. The summed E-state index contributed by atoms with van der Waals surface area (Å²) in [5.41, 5.74) is 2.79. The normalized spacial score (nSPS) is 23.1. The van der Waals surface area contributed by atoms with Crippen molar-refractivity contribution in [1.82, 2.24) is 15.2 Å². The Balaban J connectivity index is 1.40. The van der Waals surface area contributed by atoms with Gasteiger partial charge in [-0.2, -0.15) is 13.9 Å². The molecule has 0 spiro atoms. The van der Waals surface area contributed by atoms with Gasteiger partial charge < -0.3 is 24.4 Å². The van der Waals surface area contributed by atoms with Gasteiger partial charge in [-0.1, -0.05) is 12.1 Å². The van der Waals surface area contributed by atoms with Crippen LogP contribution in [0.25, 0.3) is 10.9 Å². The molecule has 3 aromatic rings. The highest BCUT2D eigenvalue weighted by atomic mass is 19.3. The maximum absolute atomic E-state index is 14.2. The molecule has 178 valence electrons. The highest BCUT2D eigenvalue weighted by molar-refractivity contribution is 5.94. The number of methoxy groups -OCH3 is 1. The van der Waals surface area contributed by atoms with Crippen molar-refractivity contribution in [3.63, 3.8) is 0 Å². The molecule has 2 aromatic heterocycles. The lowest BCUT2D eigenvalue weighted by Gasteiger charge is -2.30. The second kappa shape index (κ2) is 7.63. The van der Waals surface area contributed by atoms with Crippen LogP contribution in [0.4, 0.5) is 20.3 Å². The third-order valence-corrected chi connectivity index (χ3v) is 6.93. The topological polar surface area (TPSA) is 81.6 Å². The molecule has 3 aliphatic heterocycles. The third-order valence-electron chi connectivity index (χ3n) is 6.93. The summed E-state index contributed by atoms with van der Waals surface area (Å²) in [7, 11) is 1.61. The number of rotatable bonds is 5. The van der Waals surface area contributed by atoms with Crippen molar-refractivity contribution in [2.45, 2.75) is 44.4 Å². The number of hydrogen-bond acceptors (Lipinski definition) is 8. The van der Waals surface area contributed by atoms with Crippen LogP contribution in [-0.4, -0.2) is 54.2 Å². The van der Waals surface area contributed by atoms with Crippen LogP contribution in [-0.2, 0) is 10.7 Å². The summed E-state index contributed by atoms with van der Waals surface area (Å²) < 4.78 is 45.2. The molecule has 3 atom stereocenters. The lowest BCUT2D eigenvalue weighted by atomic mass is 10.0. The zero-order valence-electron chi connectivity index (χ0n) is 19.1. The van der Waals surface area contributed by atoms with E-state index < -0.39 is 12.5 Å². The van der Waals surface area contributed by atoms with Crippen LogP contribution >= 0.6 is 0 Å². The molecule has 10 heteroatoms. The van der Waals surface area contributed by atoms with E-state index in [1.165, 1.54) is 6.07 Å². The number of aryl methyl sites for hydroxylation is 1. The van der Waals surface area contributed by atoms with Crippen molar-refractivity contribution in [3.05, 3.63) is 41.1 Å². The summed E-state index contributed by atoms with van der Waals surface area (Å²) in [4.78, 5) is 7.05. The standard InChI is InChI=1S/C24H25F2N5O3/c1-12(16-5-4-6-18-21(16)34-11-24(18,25)26)27-22-17-8-19(31-9-15-7-14(31)10-33-15)23(32-3)28-20(17)13(2)29-30-22/h4-6,8,12,14-15H,7,9-11H2,1-3H3,(H,27,30)/t12-,14?,15?/m1/s1. The molecule has 2 unspecified atom stereocenters. The predicted molar refractivity (Wildman–Crippen MR) is 122 cm³/mol. The van der Waals surface area contributed by atoms with Gasteiger partial charge in [-0.15, -0.1) is 5.10 Å². The van der Waals surface area contributed by atoms with E-state index in [9.17, 15) is 8.78 Å². The van der Waals surface area contributed by atoms with E-state index in [-0.39, 0.29) is 29.5 Å². The molecule has 2 bridgehead atoms. The number of hydrogen-bond donors (Lipinski definition) is 1. The Morgan fingerprint density at radius 3 is 2.88 bits per heavy atom. The number of benzene rings is 1. The van der Waals surface area contributed by atoms with E-state index in [0.717, 1.165) is 24.0 Å². The SMILES string of the molecule is COc1nc2c(C)nnc(N[C@H](C)c3cccc4c3OCC4(F)F)c2cc1N1CC2CC1CO2. The lowest BCUT2D eigenvalue weighted by Crippen LogP contribution is -2.37. The second-order valence-corrected chi connectivity index (χ2v) is 9.13. The number of morpholine rings is 1. The summed E-state index contributed by atoms with van der Waals surface area (Å²) in [6, 6.07) is 6.79. The first-order valence-electron chi connectivity index (χ1n) is 11.4. The van der Waals surface area contributed by atoms with Crippen LogP contribution < -0.4 is 19.7 Å². The average molecular weight is 469 g/mol. The molecule has 34 heavy (non-hydrogen) atoms. The molecule has 1 aromatic carbocycles. The Labute approximate surface area is 195 Å². The molecule has 3 aliphatic rings. The number of anilines is 2. The minimum atomic E-state index is -2.99. The number of ether oxygens (including phenoxy) is 3. The van der Waals surface area contributed by atoms with Gasteiger partial charge in [0.25, 0.3) is 0 Å². The minimum absolute atomic E-state index is 0.0847. The Morgan fingerprint density at radius 2 is 2.15 bits per heavy atom. The van der Waals surface area contributed by atoms with E-state index in [2.05, 4.69) is 20.4 Å². The first-order chi connectivity index (χ1) is 16.4.